The number of aromatic nitrogens is 1. The number of nitro benzene ring substituents is 1. The second-order valence-corrected chi connectivity index (χ2v) is 6.13. The monoisotopic (exact) mass is 340 g/mol. The minimum atomic E-state index is -0.411. The summed E-state index contributed by atoms with van der Waals surface area (Å²) in [5.41, 5.74) is 1.46. The molecular formula is C17H12N2O4S. The number of nitrogens with zero attached hydrogens (tertiary/aromatic N) is 2. The number of para-hydroxylation sites is 2. The van der Waals surface area contributed by atoms with E-state index in [1.54, 1.807) is 12.1 Å². The van der Waals surface area contributed by atoms with Gasteiger partial charge in [-0.3, -0.25) is 10.1 Å². The highest BCUT2D eigenvalue weighted by atomic mass is 32.1. The van der Waals surface area contributed by atoms with Gasteiger partial charge in [-0.1, -0.05) is 24.3 Å². The zero-order chi connectivity index (χ0) is 16.5. The lowest BCUT2D eigenvalue weighted by molar-refractivity contribution is -0.384. The molecule has 6 nitrogen and oxygen atoms in total. The van der Waals surface area contributed by atoms with Gasteiger partial charge < -0.3 is 9.47 Å². The number of hydrogen-bond acceptors (Lipinski definition) is 6. The third-order valence-electron chi connectivity index (χ3n) is 3.66. The second-order valence-electron chi connectivity index (χ2n) is 5.24. The van der Waals surface area contributed by atoms with Crippen LogP contribution in [0.4, 0.5) is 5.69 Å². The molecule has 0 N–H and O–H groups in total. The summed E-state index contributed by atoms with van der Waals surface area (Å²) in [5, 5.41) is 13.6. The Bertz CT molecular complexity index is 909. The Balaban J connectivity index is 1.60. The molecule has 7 heteroatoms. The van der Waals surface area contributed by atoms with Crippen molar-refractivity contribution in [2.75, 3.05) is 6.61 Å². The molecule has 4 rings (SSSR count). The molecule has 1 aromatic heterocycles. The number of fused-ring (bicyclic) bond motifs is 1. The van der Waals surface area contributed by atoms with Gasteiger partial charge in [-0.2, -0.15) is 0 Å². The standard InChI is InChI=1S/C17H12N2O4S/c20-19(21)12-5-3-4-11(8-12)13-10-24-17(18-13)16-9-22-14-6-1-2-7-15(14)23-16/h1-8,10,16H,9H2/t16-/m1/s1. The molecule has 0 saturated carbocycles. The topological polar surface area (TPSA) is 74.5 Å². The third-order valence-corrected chi connectivity index (χ3v) is 4.60. The first-order valence-electron chi connectivity index (χ1n) is 7.29. The van der Waals surface area contributed by atoms with Crippen LogP contribution in [0, 0.1) is 10.1 Å². The van der Waals surface area contributed by atoms with E-state index >= 15 is 0 Å². The van der Waals surface area contributed by atoms with Gasteiger partial charge in [0.2, 0.25) is 0 Å². The SMILES string of the molecule is O=[N+]([O-])c1cccc(-c2csc([C@H]3COc4ccccc4O3)n2)c1. The first-order valence-corrected chi connectivity index (χ1v) is 8.17. The minimum absolute atomic E-state index is 0.0493. The lowest BCUT2D eigenvalue weighted by atomic mass is 10.1. The van der Waals surface area contributed by atoms with Crippen LogP contribution in [-0.2, 0) is 0 Å². The molecule has 2 aromatic carbocycles. The van der Waals surface area contributed by atoms with Crippen LogP contribution in [0.1, 0.15) is 11.1 Å². The van der Waals surface area contributed by atoms with Crippen LogP contribution in [0.3, 0.4) is 0 Å². The molecule has 3 aromatic rings. The van der Waals surface area contributed by atoms with Gasteiger partial charge in [0.1, 0.15) is 11.6 Å². The third kappa shape index (κ3) is 2.69. The molecule has 1 aliphatic rings. The van der Waals surface area contributed by atoms with E-state index in [2.05, 4.69) is 4.98 Å². The Morgan fingerprint density at radius 2 is 2.00 bits per heavy atom. The maximum atomic E-state index is 10.9. The van der Waals surface area contributed by atoms with Gasteiger partial charge in [0.15, 0.2) is 17.6 Å². The van der Waals surface area contributed by atoms with Crippen molar-refractivity contribution in [2.45, 2.75) is 6.10 Å². The summed E-state index contributed by atoms with van der Waals surface area (Å²) in [6.07, 6.45) is -0.280. The summed E-state index contributed by atoms with van der Waals surface area (Å²) in [5.74, 6) is 1.42. The molecule has 1 atom stereocenters. The number of hydrogen-bond donors (Lipinski definition) is 0. The molecule has 2 heterocycles. The Kier molecular flexibility index (Phi) is 3.62. The van der Waals surface area contributed by atoms with Crippen molar-refractivity contribution < 1.29 is 14.4 Å². The van der Waals surface area contributed by atoms with E-state index in [-0.39, 0.29) is 11.8 Å². The van der Waals surface area contributed by atoms with Crippen LogP contribution in [0.2, 0.25) is 0 Å². The fourth-order valence-electron chi connectivity index (χ4n) is 2.49. The molecule has 0 bridgehead atoms. The average molecular weight is 340 g/mol. The molecule has 0 unspecified atom stereocenters. The largest absolute Gasteiger partial charge is 0.485 e. The highest BCUT2D eigenvalue weighted by molar-refractivity contribution is 7.10. The molecule has 0 fully saturated rings. The van der Waals surface area contributed by atoms with Crippen LogP contribution in [0.15, 0.2) is 53.9 Å². The average Bonchev–Trinajstić information content (AvgIpc) is 3.11. The number of benzene rings is 2. The molecule has 0 aliphatic carbocycles. The minimum Gasteiger partial charge on any atom is -0.485 e. The van der Waals surface area contributed by atoms with Gasteiger partial charge in [-0.05, 0) is 12.1 Å². The zero-order valence-electron chi connectivity index (χ0n) is 12.4. The fraction of sp³-hybridized carbons (Fsp3) is 0.118. The summed E-state index contributed by atoms with van der Waals surface area (Å²) in [7, 11) is 0. The maximum absolute atomic E-state index is 10.9. The molecule has 120 valence electrons. The van der Waals surface area contributed by atoms with Crippen molar-refractivity contribution in [1.82, 2.24) is 4.98 Å². The van der Waals surface area contributed by atoms with Crippen LogP contribution in [0.5, 0.6) is 11.5 Å². The first-order chi connectivity index (χ1) is 11.7. The van der Waals surface area contributed by atoms with Gasteiger partial charge in [-0.25, -0.2) is 4.98 Å². The highest BCUT2D eigenvalue weighted by Crippen LogP contribution is 2.37. The Labute approximate surface area is 141 Å². The highest BCUT2D eigenvalue weighted by Gasteiger charge is 2.25. The van der Waals surface area contributed by atoms with E-state index in [1.165, 1.54) is 23.5 Å². The van der Waals surface area contributed by atoms with Crippen molar-refractivity contribution in [2.24, 2.45) is 0 Å². The second kappa shape index (κ2) is 5.93. The first kappa shape index (κ1) is 14.6. The van der Waals surface area contributed by atoms with Crippen molar-refractivity contribution in [1.29, 1.82) is 0 Å². The number of nitro groups is 1. The molecule has 0 spiro atoms. The molecule has 0 amide bonds. The lowest BCUT2D eigenvalue weighted by Gasteiger charge is -2.24. The van der Waals surface area contributed by atoms with Crippen molar-refractivity contribution in [3.63, 3.8) is 0 Å². The summed E-state index contributed by atoms with van der Waals surface area (Å²) < 4.78 is 11.7. The predicted octanol–water partition coefficient (Wildman–Crippen LogP) is 4.23. The van der Waals surface area contributed by atoms with E-state index in [1.807, 2.05) is 29.6 Å². The summed E-state index contributed by atoms with van der Waals surface area (Å²) in [6, 6.07) is 14.0. The number of non-ortho nitro benzene ring substituents is 1. The zero-order valence-corrected chi connectivity index (χ0v) is 13.2. The number of rotatable bonds is 3. The van der Waals surface area contributed by atoms with E-state index < -0.39 is 4.92 Å². The van der Waals surface area contributed by atoms with Crippen LogP contribution in [-0.4, -0.2) is 16.5 Å². The normalized spacial score (nSPS) is 15.9. The van der Waals surface area contributed by atoms with E-state index in [0.717, 1.165) is 10.8 Å². The molecule has 1 aliphatic heterocycles. The van der Waals surface area contributed by atoms with Gasteiger partial charge in [0, 0.05) is 23.1 Å². The van der Waals surface area contributed by atoms with Gasteiger partial charge >= 0.3 is 0 Å². The van der Waals surface area contributed by atoms with Crippen molar-refractivity contribution in [3.05, 3.63) is 69.0 Å². The summed E-state index contributed by atoms with van der Waals surface area (Å²) in [4.78, 5) is 15.1. The predicted molar refractivity (Wildman–Crippen MR) is 89.5 cm³/mol. The quantitative estimate of drug-likeness (QED) is 0.527. The van der Waals surface area contributed by atoms with Crippen LogP contribution in [0.25, 0.3) is 11.3 Å². The van der Waals surface area contributed by atoms with Gasteiger partial charge in [-0.15, -0.1) is 11.3 Å². The van der Waals surface area contributed by atoms with Crippen LogP contribution >= 0.6 is 11.3 Å². The molecular weight excluding hydrogens is 328 g/mol. The van der Waals surface area contributed by atoms with Crippen LogP contribution < -0.4 is 9.47 Å². The smallest absolute Gasteiger partial charge is 0.270 e. The lowest BCUT2D eigenvalue weighted by Crippen LogP contribution is -2.21. The van der Waals surface area contributed by atoms with E-state index in [4.69, 9.17) is 9.47 Å². The Morgan fingerprint density at radius 3 is 2.83 bits per heavy atom. The van der Waals surface area contributed by atoms with Crippen molar-refractivity contribution in [3.8, 4) is 22.8 Å². The fourth-order valence-corrected chi connectivity index (χ4v) is 3.33. The Morgan fingerprint density at radius 1 is 1.17 bits per heavy atom. The van der Waals surface area contributed by atoms with Gasteiger partial charge in [0.05, 0.1) is 10.6 Å². The molecule has 24 heavy (non-hydrogen) atoms. The van der Waals surface area contributed by atoms with Crippen molar-refractivity contribution >= 4 is 17.0 Å². The summed E-state index contributed by atoms with van der Waals surface area (Å²) >= 11 is 1.45. The van der Waals surface area contributed by atoms with E-state index in [9.17, 15) is 10.1 Å². The number of thiazole rings is 1. The van der Waals surface area contributed by atoms with Gasteiger partial charge in [0.25, 0.3) is 5.69 Å². The Hall–Kier alpha value is -2.93. The van der Waals surface area contributed by atoms with E-state index in [0.29, 0.717) is 23.6 Å². The summed E-state index contributed by atoms with van der Waals surface area (Å²) in [6.45, 7) is 0.388. The maximum Gasteiger partial charge on any atom is 0.270 e. The molecule has 0 saturated heterocycles. The molecule has 0 radical (unpaired) electrons. The number of ether oxygens (including phenoxy) is 2.